The van der Waals surface area contributed by atoms with Crippen LogP contribution in [0, 0.1) is 5.92 Å². The lowest BCUT2D eigenvalue weighted by Crippen LogP contribution is -2.22. The summed E-state index contributed by atoms with van der Waals surface area (Å²) in [5.41, 5.74) is 2.69. The third kappa shape index (κ3) is 7.26. The minimum Gasteiger partial charge on any atom is -0.394 e. The van der Waals surface area contributed by atoms with Crippen LogP contribution in [0.25, 0.3) is 0 Å². The van der Waals surface area contributed by atoms with Crippen molar-refractivity contribution in [3.8, 4) is 0 Å². The maximum atomic E-state index is 9.41. The zero-order valence-corrected chi connectivity index (χ0v) is 14.2. The fourth-order valence-corrected chi connectivity index (χ4v) is 2.77. The van der Waals surface area contributed by atoms with E-state index in [0.717, 1.165) is 25.7 Å². The van der Waals surface area contributed by atoms with Crippen LogP contribution >= 0.6 is 0 Å². The van der Waals surface area contributed by atoms with E-state index >= 15 is 0 Å². The summed E-state index contributed by atoms with van der Waals surface area (Å²) in [5.74, 6) is 0.441. The summed E-state index contributed by atoms with van der Waals surface area (Å²) in [5, 5.41) is 18.3. The maximum Gasteiger partial charge on any atom is 0.100 e. The van der Waals surface area contributed by atoms with Crippen molar-refractivity contribution in [3.05, 3.63) is 71.8 Å². The molecule has 0 aliphatic heterocycles. The molecule has 0 aliphatic carbocycles. The average molecular weight is 328 g/mol. The van der Waals surface area contributed by atoms with Gasteiger partial charge in [0.1, 0.15) is 6.10 Å². The lowest BCUT2D eigenvalue weighted by molar-refractivity contribution is -0.00621. The van der Waals surface area contributed by atoms with Crippen molar-refractivity contribution < 1.29 is 14.9 Å². The van der Waals surface area contributed by atoms with Crippen molar-refractivity contribution in [1.82, 2.24) is 0 Å². The van der Waals surface area contributed by atoms with Crippen molar-refractivity contribution >= 4 is 0 Å². The van der Waals surface area contributed by atoms with Gasteiger partial charge in [-0.3, -0.25) is 0 Å². The molecule has 0 fully saturated rings. The molecule has 1 atom stereocenters. The fraction of sp³-hybridized carbons (Fsp3) is 0.429. The Morgan fingerprint density at radius 1 is 0.750 bits per heavy atom. The second-order valence-corrected chi connectivity index (χ2v) is 6.29. The number of hydrogen-bond donors (Lipinski definition) is 2. The molecule has 0 spiro atoms. The molecule has 1 unspecified atom stereocenters. The molecule has 2 N–H and O–H groups in total. The van der Waals surface area contributed by atoms with Crippen molar-refractivity contribution in [3.63, 3.8) is 0 Å². The van der Waals surface area contributed by atoms with Crippen LogP contribution in [-0.4, -0.2) is 36.1 Å². The van der Waals surface area contributed by atoms with Gasteiger partial charge in [-0.1, -0.05) is 60.7 Å². The minimum absolute atomic E-state index is 0.198. The number of hydrogen-bond acceptors (Lipinski definition) is 3. The highest BCUT2D eigenvalue weighted by atomic mass is 16.5. The summed E-state index contributed by atoms with van der Waals surface area (Å²) in [7, 11) is 0. The van der Waals surface area contributed by atoms with Crippen molar-refractivity contribution in [2.24, 2.45) is 5.92 Å². The third-order valence-electron chi connectivity index (χ3n) is 4.24. The zero-order chi connectivity index (χ0) is 17.0. The van der Waals surface area contributed by atoms with Gasteiger partial charge < -0.3 is 14.9 Å². The monoisotopic (exact) mass is 328 g/mol. The summed E-state index contributed by atoms with van der Waals surface area (Å²) >= 11 is 0. The summed E-state index contributed by atoms with van der Waals surface area (Å²) in [6, 6.07) is 21.0. The highest BCUT2D eigenvalue weighted by Crippen LogP contribution is 2.17. The second-order valence-electron chi connectivity index (χ2n) is 6.29. The van der Waals surface area contributed by atoms with Crippen LogP contribution in [0.4, 0.5) is 0 Å². The topological polar surface area (TPSA) is 49.7 Å². The number of aliphatic hydroxyl groups is 2. The normalized spacial score (nSPS) is 12.5. The fourth-order valence-electron chi connectivity index (χ4n) is 2.77. The van der Waals surface area contributed by atoms with E-state index in [1.54, 1.807) is 0 Å². The van der Waals surface area contributed by atoms with Gasteiger partial charge in [-0.25, -0.2) is 0 Å². The summed E-state index contributed by atoms with van der Waals surface area (Å²) in [4.78, 5) is 0. The largest absolute Gasteiger partial charge is 0.394 e. The lowest BCUT2D eigenvalue weighted by atomic mass is 9.94. The molecule has 0 bridgehead atoms. The van der Waals surface area contributed by atoms with Gasteiger partial charge in [0.2, 0.25) is 0 Å². The van der Waals surface area contributed by atoms with E-state index in [2.05, 4.69) is 48.5 Å². The molecule has 0 aliphatic rings. The van der Waals surface area contributed by atoms with Crippen LogP contribution in [0.3, 0.4) is 0 Å². The molecule has 2 aromatic rings. The smallest absolute Gasteiger partial charge is 0.100 e. The van der Waals surface area contributed by atoms with Crippen molar-refractivity contribution in [1.29, 1.82) is 0 Å². The summed E-state index contributed by atoms with van der Waals surface area (Å²) < 4.78 is 5.62. The first kappa shape index (κ1) is 18.7. The molecular weight excluding hydrogens is 300 g/mol. The predicted octanol–water partition coefficient (Wildman–Crippen LogP) is 3.24. The molecule has 2 rings (SSSR count). The highest BCUT2D eigenvalue weighted by molar-refractivity contribution is 5.15. The second kappa shape index (κ2) is 11.0. The highest BCUT2D eigenvalue weighted by Gasteiger charge is 2.11. The van der Waals surface area contributed by atoms with E-state index in [9.17, 15) is 5.11 Å². The van der Waals surface area contributed by atoms with E-state index in [4.69, 9.17) is 9.84 Å². The molecule has 3 nitrogen and oxygen atoms in total. The van der Waals surface area contributed by atoms with Crippen LogP contribution in [0.15, 0.2) is 60.7 Å². The molecule has 0 aromatic heterocycles. The minimum atomic E-state index is -0.783. The summed E-state index contributed by atoms with van der Waals surface area (Å²) in [6.45, 7) is 0.569. The van der Waals surface area contributed by atoms with Crippen LogP contribution in [0.5, 0.6) is 0 Å². The summed E-state index contributed by atoms with van der Waals surface area (Å²) in [6.07, 6.45) is 3.41. The Balaban J connectivity index is 1.82. The van der Waals surface area contributed by atoms with Gasteiger partial charge in [-0.2, -0.15) is 0 Å². The van der Waals surface area contributed by atoms with Crippen LogP contribution in [-0.2, 0) is 17.6 Å². The zero-order valence-electron chi connectivity index (χ0n) is 14.2. The first-order chi connectivity index (χ1) is 11.8. The van der Waals surface area contributed by atoms with Gasteiger partial charge in [0.25, 0.3) is 0 Å². The van der Waals surface area contributed by atoms with E-state index in [1.807, 2.05) is 12.1 Å². The lowest BCUT2D eigenvalue weighted by Gasteiger charge is -2.18. The van der Waals surface area contributed by atoms with Crippen molar-refractivity contribution in [2.45, 2.75) is 31.8 Å². The Bertz CT molecular complexity index is 498. The third-order valence-corrected chi connectivity index (χ3v) is 4.24. The number of rotatable bonds is 11. The van der Waals surface area contributed by atoms with Gasteiger partial charge in [-0.05, 0) is 42.7 Å². The number of aliphatic hydroxyl groups excluding tert-OH is 2. The Morgan fingerprint density at radius 2 is 1.25 bits per heavy atom. The first-order valence-corrected chi connectivity index (χ1v) is 8.72. The van der Waals surface area contributed by atoms with Gasteiger partial charge in [0, 0.05) is 6.61 Å². The molecule has 130 valence electrons. The standard InChI is InChI=1S/C21H28O3/c22-15-21(23)17-24-16-20(13-11-18-7-3-1-4-8-18)14-12-19-9-5-2-6-10-19/h1-10,20-23H,11-17H2. The molecule has 0 radical (unpaired) electrons. The Labute approximate surface area is 144 Å². The van der Waals surface area contributed by atoms with Gasteiger partial charge >= 0.3 is 0 Å². The molecule has 0 saturated heterocycles. The average Bonchev–Trinajstić information content (AvgIpc) is 2.65. The molecule has 0 amide bonds. The Morgan fingerprint density at radius 3 is 1.71 bits per heavy atom. The van der Waals surface area contributed by atoms with E-state index in [0.29, 0.717) is 12.5 Å². The predicted molar refractivity (Wildman–Crippen MR) is 96.9 cm³/mol. The van der Waals surface area contributed by atoms with Crippen molar-refractivity contribution in [2.75, 3.05) is 19.8 Å². The van der Waals surface area contributed by atoms with Gasteiger partial charge in [-0.15, -0.1) is 0 Å². The van der Waals surface area contributed by atoms with E-state index in [-0.39, 0.29) is 13.2 Å². The van der Waals surface area contributed by atoms with Gasteiger partial charge in [0.05, 0.1) is 13.2 Å². The van der Waals surface area contributed by atoms with Crippen LogP contribution < -0.4 is 0 Å². The van der Waals surface area contributed by atoms with E-state index < -0.39 is 6.10 Å². The Kier molecular flexibility index (Phi) is 8.53. The number of benzene rings is 2. The van der Waals surface area contributed by atoms with Crippen LogP contribution in [0.1, 0.15) is 24.0 Å². The molecule has 3 heteroatoms. The molecular formula is C21H28O3. The van der Waals surface area contributed by atoms with Gasteiger partial charge in [0.15, 0.2) is 0 Å². The molecule has 0 heterocycles. The van der Waals surface area contributed by atoms with E-state index in [1.165, 1.54) is 11.1 Å². The van der Waals surface area contributed by atoms with Crippen LogP contribution in [0.2, 0.25) is 0 Å². The Hall–Kier alpha value is -1.68. The molecule has 24 heavy (non-hydrogen) atoms. The molecule has 2 aromatic carbocycles. The molecule has 0 saturated carbocycles. The first-order valence-electron chi connectivity index (χ1n) is 8.72. The maximum absolute atomic E-state index is 9.41. The SMILES string of the molecule is OCC(O)COCC(CCc1ccccc1)CCc1ccccc1. The number of ether oxygens (including phenoxy) is 1. The quantitative estimate of drug-likeness (QED) is 0.666. The number of aryl methyl sites for hydroxylation is 2.